The van der Waals surface area contributed by atoms with E-state index in [1.807, 2.05) is 6.07 Å². The predicted molar refractivity (Wildman–Crippen MR) is 88.2 cm³/mol. The minimum atomic E-state index is 1.12. The molecule has 3 heteroatoms. The third-order valence-electron chi connectivity index (χ3n) is 3.13. The predicted octanol–water partition coefficient (Wildman–Crippen LogP) is 4.25. The van der Waals surface area contributed by atoms with Gasteiger partial charge in [-0.25, -0.2) is 0 Å². The van der Waals surface area contributed by atoms with Gasteiger partial charge in [0.1, 0.15) is 0 Å². The molecular formula is C16H19BrN2. The molecule has 0 aromatic heterocycles. The number of hydrogen-bond acceptors (Lipinski definition) is 2. The second kappa shape index (κ2) is 5.66. The van der Waals surface area contributed by atoms with Gasteiger partial charge in [-0.1, -0.05) is 40.2 Å². The summed E-state index contributed by atoms with van der Waals surface area (Å²) >= 11 is 3.66. The van der Waals surface area contributed by atoms with Crippen LogP contribution < -0.4 is 9.80 Å². The van der Waals surface area contributed by atoms with Crippen molar-refractivity contribution in [3.63, 3.8) is 0 Å². The fourth-order valence-electron chi connectivity index (χ4n) is 2.21. The van der Waals surface area contributed by atoms with Crippen molar-refractivity contribution in [1.29, 1.82) is 0 Å². The van der Waals surface area contributed by atoms with Gasteiger partial charge in [0.2, 0.25) is 0 Å². The normalized spacial score (nSPS) is 10.4. The molecule has 19 heavy (non-hydrogen) atoms. The molecule has 0 unspecified atom stereocenters. The van der Waals surface area contributed by atoms with Crippen LogP contribution in [-0.4, -0.2) is 28.2 Å². The summed E-state index contributed by atoms with van der Waals surface area (Å²) in [5, 5.41) is 0. The summed E-state index contributed by atoms with van der Waals surface area (Å²) in [6.45, 7) is 0. The summed E-state index contributed by atoms with van der Waals surface area (Å²) < 4.78 is 1.12. The van der Waals surface area contributed by atoms with E-state index in [1.54, 1.807) is 0 Å². The average molecular weight is 319 g/mol. The first kappa shape index (κ1) is 13.9. The first-order valence-corrected chi connectivity index (χ1v) is 7.04. The highest BCUT2D eigenvalue weighted by Crippen LogP contribution is 2.41. The van der Waals surface area contributed by atoms with Crippen LogP contribution in [0.15, 0.2) is 46.9 Å². The Morgan fingerprint density at radius 3 is 1.74 bits per heavy atom. The largest absolute Gasteiger partial charge is 0.377 e. The molecule has 0 aliphatic rings. The van der Waals surface area contributed by atoms with Gasteiger partial charge < -0.3 is 9.80 Å². The van der Waals surface area contributed by atoms with Crippen LogP contribution in [0.25, 0.3) is 11.1 Å². The number of rotatable bonds is 3. The fourth-order valence-corrected chi connectivity index (χ4v) is 2.70. The minimum Gasteiger partial charge on any atom is -0.377 e. The van der Waals surface area contributed by atoms with Gasteiger partial charge in [0.05, 0.1) is 0 Å². The van der Waals surface area contributed by atoms with Crippen LogP contribution in [0.5, 0.6) is 0 Å². The molecule has 2 aromatic rings. The molecule has 0 saturated heterocycles. The highest BCUT2D eigenvalue weighted by molar-refractivity contribution is 9.10. The van der Waals surface area contributed by atoms with Crippen molar-refractivity contribution in [2.45, 2.75) is 0 Å². The van der Waals surface area contributed by atoms with E-state index in [1.165, 1.54) is 22.5 Å². The van der Waals surface area contributed by atoms with E-state index in [-0.39, 0.29) is 0 Å². The Morgan fingerprint density at radius 2 is 1.26 bits per heavy atom. The molecule has 0 amide bonds. The van der Waals surface area contributed by atoms with E-state index in [2.05, 4.69) is 90.3 Å². The monoisotopic (exact) mass is 318 g/mol. The Labute approximate surface area is 123 Å². The van der Waals surface area contributed by atoms with E-state index in [9.17, 15) is 0 Å². The van der Waals surface area contributed by atoms with Gasteiger partial charge in [0, 0.05) is 55.2 Å². The summed E-state index contributed by atoms with van der Waals surface area (Å²) in [7, 11) is 8.31. The summed E-state index contributed by atoms with van der Waals surface area (Å²) in [6, 6.07) is 14.8. The SMILES string of the molecule is CN(C)c1cccc(N(C)C)c1-c1ccccc1Br. The van der Waals surface area contributed by atoms with Crippen molar-refractivity contribution >= 4 is 27.3 Å². The van der Waals surface area contributed by atoms with Crippen LogP contribution in [0.4, 0.5) is 11.4 Å². The van der Waals surface area contributed by atoms with Crippen molar-refractivity contribution in [3.05, 3.63) is 46.9 Å². The quantitative estimate of drug-likeness (QED) is 0.834. The Hall–Kier alpha value is -1.48. The second-order valence-electron chi connectivity index (χ2n) is 4.94. The van der Waals surface area contributed by atoms with Gasteiger partial charge in [-0.15, -0.1) is 0 Å². The highest BCUT2D eigenvalue weighted by Gasteiger charge is 2.15. The first-order chi connectivity index (χ1) is 9.02. The van der Waals surface area contributed by atoms with Gasteiger partial charge in [-0.2, -0.15) is 0 Å². The zero-order valence-electron chi connectivity index (χ0n) is 11.8. The number of benzene rings is 2. The van der Waals surface area contributed by atoms with Crippen molar-refractivity contribution < 1.29 is 0 Å². The van der Waals surface area contributed by atoms with Crippen LogP contribution in [0.1, 0.15) is 0 Å². The van der Waals surface area contributed by atoms with Crippen molar-refractivity contribution in [2.75, 3.05) is 38.0 Å². The first-order valence-electron chi connectivity index (χ1n) is 6.25. The number of hydrogen-bond donors (Lipinski definition) is 0. The third kappa shape index (κ3) is 2.76. The van der Waals surface area contributed by atoms with Crippen LogP contribution in [0, 0.1) is 0 Å². The number of anilines is 2. The maximum absolute atomic E-state index is 3.66. The number of halogens is 1. The molecule has 0 bridgehead atoms. The van der Waals surface area contributed by atoms with Gasteiger partial charge >= 0.3 is 0 Å². The Bertz CT molecular complexity index is 550. The molecule has 0 aliphatic carbocycles. The Balaban J connectivity index is 2.76. The second-order valence-corrected chi connectivity index (χ2v) is 5.79. The van der Waals surface area contributed by atoms with Gasteiger partial charge in [0.15, 0.2) is 0 Å². The molecule has 0 spiro atoms. The van der Waals surface area contributed by atoms with Crippen molar-refractivity contribution in [2.24, 2.45) is 0 Å². The Morgan fingerprint density at radius 1 is 0.737 bits per heavy atom. The summed E-state index contributed by atoms with van der Waals surface area (Å²) in [5.74, 6) is 0. The molecule has 2 rings (SSSR count). The standard InChI is InChI=1S/C16H19BrN2/c1-18(2)14-10-7-11-15(19(3)4)16(14)12-8-5-6-9-13(12)17/h5-11H,1-4H3. The summed E-state index contributed by atoms with van der Waals surface area (Å²) in [6.07, 6.45) is 0. The van der Waals surface area contributed by atoms with Crippen LogP contribution in [0.3, 0.4) is 0 Å². The van der Waals surface area contributed by atoms with Gasteiger partial charge in [-0.3, -0.25) is 0 Å². The van der Waals surface area contributed by atoms with Crippen LogP contribution in [-0.2, 0) is 0 Å². The van der Waals surface area contributed by atoms with Crippen LogP contribution in [0.2, 0.25) is 0 Å². The summed E-state index contributed by atoms with van der Waals surface area (Å²) in [5.41, 5.74) is 4.91. The maximum atomic E-state index is 3.66. The van der Waals surface area contributed by atoms with Crippen molar-refractivity contribution in [3.8, 4) is 11.1 Å². The lowest BCUT2D eigenvalue weighted by Gasteiger charge is -2.24. The lowest BCUT2D eigenvalue weighted by Crippen LogP contribution is -2.15. The van der Waals surface area contributed by atoms with Gasteiger partial charge in [0.25, 0.3) is 0 Å². The molecule has 0 radical (unpaired) electrons. The molecule has 0 fully saturated rings. The van der Waals surface area contributed by atoms with E-state index in [0.29, 0.717) is 0 Å². The lowest BCUT2D eigenvalue weighted by atomic mass is 10.0. The number of nitrogens with zero attached hydrogens (tertiary/aromatic N) is 2. The topological polar surface area (TPSA) is 6.48 Å². The molecule has 2 aromatic carbocycles. The molecule has 0 N–H and O–H groups in total. The van der Waals surface area contributed by atoms with E-state index in [0.717, 1.165) is 4.47 Å². The lowest BCUT2D eigenvalue weighted by molar-refractivity contribution is 1.10. The molecule has 0 atom stereocenters. The smallest absolute Gasteiger partial charge is 0.0462 e. The highest BCUT2D eigenvalue weighted by atomic mass is 79.9. The van der Waals surface area contributed by atoms with E-state index in [4.69, 9.17) is 0 Å². The van der Waals surface area contributed by atoms with E-state index < -0.39 is 0 Å². The molecule has 0 saturated carbocycles. The molecule has 100 valence electrons. The van der Waals surface area contributed by atoms with Crippen molar-refractivity contribution in [1.82, 2.24) is 0 Å². The zero-order chi connectivity index (χ0) is 14.0. The zero-order valence-corrected chi connectivity index (χ0v) is 13.4. The summed E-state index contributed by atoms with van der Waals surface area (Å²) in [4.78, 5) is 4.31. The maximum Gasteiger partial charge on any atom is 0.0462 e. The molecule has 2 nitrogen and oxygen atoms in total. The molecule has 0 heterocycles. The fraction of sp³-hybridized carbons (Fsp3) is 0.250. The average Bonchev–Trinajstić information content (AvgIpc) is 2.38. The van der Waals surface area contributed by atoms with E-state index >= 15 is 0 Å². The van der Waals surface area contributed by atoms with Crippen LogP contribution >= 0.6 is 15.9 Å². The Kier molecular flexibility index (Phi) is 4.15. The minimum absolute atomic E-state index is 1.12. The third-order valence-corrected chi connectivity index (χ3v) is 3.82. The molecular weight excluding hydrogens is 300 g/mol. The molecule has 0 aliphatic heterocycles. The van der Waals surface area contributed by atoms with Gasteiger partial charge in [-0.05, 0) is 18.2 Å².